The van der Waals surface area contributed by atoms with Crippen LogP contribution in [0.1, 0.15) is 110 Å². The van der Waals surface area contributed by atoms with Gasteiger partial charge in [0.05, 0.1) is 11.0 Å². The Balaban J connectivity index is 2.95. The standard InChI is InChI=1S/C18H39NOS/c1-2-3-4-5-6-7-8-9-10-11-12-13-14-15-16-17-18-21(19)20/h2-19H2,1H3. The van der Waals surface area contributed by atoms with Crippen LogP contribution < -0.4 is 5.14 Å². The summed E-state index contributed by atoms with van der Waals surface area (Å²) in [6.07, 6.45) is 21.9. The fourth-order valence-electron chi connectivity index (χ4n) is 2.79. The predicted molar refractivity (Wildman–Crippen MR) is 96.7 cm³/mol. The molecule has 128 valence electrons. The first-order valence-corrected chi connectivity index (χ1v) is 10.8. The van der Waals surface area contributed by atoms with Crippen molar-refractivity contribution in [1.29, 1.82) is 0 Å². The lowest BCUT2D eigenvalue weighted by molar-refractivity contribution is 0.531. The van der Waals surface area contributed by atoms with E-state index in [-0.39, 0.29) is 0 Å². The third kappa shape index (κ3) is 20.1. The van der Waals surface area contributed by atoms with Gasteiger partial charge < -0.3 is 0 Å². The van der Waals surface area contributed by atoms with E-state index in [1.807, 2.05) is 0 Å². The number of rotatable bonds is 17. The van der Waals surface area contributed by atoms with E-state index in [9.17, 15) is 4.21 Å². The van der Waals surface area contributed by atoms with Gasteiger partial charge in [-0.05, 0) is 6.42 Å². The van der Waals surface area contributed by atoms with E-state index in [1.54, 1.807) is 0 Å². The van der Waals surface area contributed by atoms with E-state index in [1.165, 1.54) is 96.3 Å². The Morgan fingerprint density at radius 2 is 0.857 bits per heavy atom. The summed E-state index contributed by atoms with van der Waals surface area (Å²) in [5, 5.41) is 5.23. The van der Waals surface area contributed by atoms with Crippen LogP contribution in [0.5, 0.6) is 0 Å². The molecule has 0 saturated carbocycles. The van der Waals surface area contributed by atoms with Crippen LogP contribution in [0.3, 0.4) is 0 Å². The van der Waals surface area contributed by atoms with Crippen LogP contribution in [0, 0.1) is 0 Å². The molecule has 0 saturated heterocycles. The van der Waals surface area contributed by atoms with E-state index in [0.29, 0.717) is 5.75 Å². The van der Waals surface area contributed by atoms with Gasteiger partial charge in [0, 0.05) is 5.75 Å². The Kier molecular flexibility index (Phi) is 18.3. The second-order valence-electron chi connectivity index (χ2n) is 6.39. The minimum atomic E-state index is -1.08. The molecule has 0 radical (unpaired) electrons. The molecule has 0 bridgehead atoms. The summed E-state index contributed by atoms with van der Waals surface area (Å²) in [6.45, 7) is 2.28. The van der Waals surface area contributed by atoms with Gasteiger partial charge in [0.2, 0.25) is 0 Å². The Morgan fingerprint density at radius 1 is 0.571 bits per heavy atom. The van der Waals surface area contributed by atoms with Gasteiger partial charge >= 0.3 is 0 Å². The Morgan fingerprint density at radius 3 is 1.14 bits per heavy atom. The number of nitrogens with two attached hydrogens (primary N) is 1. The largest absolute Gasteiger partial charge is 0.252 e. The van der Waals surface area contributed by atoms with Crippen molar-refractivity contribution >= 4 is 11.0 Å². The number of hydrogen-bond donors (Lipinski definition) is 1. The minimum absolute atomic E-state index is 0.679. The summed E-state index contributed by atoms with van der Waals surface area (Å²) in [7, 11) is -1.08. The van der Waals surface area contributed by atoms with Gasteiger partial charge in [-0.3, -0.25) is 5.14 Å². The van der Waals surface area contributed by atoms with Crippen LogP contribution in [0.2, 0.25) is 0 Å². The zero-order valence-electron chi connectivity index (χ0n) is 14.4. The molecule has 0 spiro atoms. The molecule has 0 aliphatic carbocycles. The lowest BCUT2D eigenvalue weighted by atomic mass is 10.0. The third-order valence-electron chi connectivity index (χ3n) is 4.20. The van der Waals surface area contributed by atoms with Crippen molar-refractivity contribution in [2.75, 3.05) is 5.75 Å². The molecular formula is C18H39NOS. The maximum atomic E-state index is 10.7. The van der Waals surface area contributed by atoms with Gasteiger partial charge in [0.25, 0.3) is 0 Å². The van der Waals surface area contributed by atoms with Crippen molar-refractivity contribution in [2.24, 2.45) is 5.14 Å². The topological polar surface area (TPSA) is 43.1 Å². The zero-order valence-corrected chi connectivity index (χ0v) is 15.2. The molecule has 0 rings (SSSR count). The molecule has 0 aliphatic heterocycles. The van der Waals surface area contributed by atoms with Gasteiger partial charge in [0.15, 0.2) is 0 Å². The zero-order chi connectivity index (χ0) is 15.6. The molecule has 0 fully saturated rings. The SMILES string of the molecule is CCCCCCCCCCCCCCCCCCS(N)=O. The van der Waals surface area contributed by atoms with E-state index in [4.69, 9.17) is 5.14 Å². The normalized spacial score (nSPS) is 12.7. The fraction of sp³-hybridized carbons (Fsp3) is 1.00. The smallest absolute Gasteiger partial charge is 0.0887 e. The maximum Gasteiger partial charge on any atom is 0.0887 e. The molecule has 0 aromatic heterocycles. The fourth-order valence-corrected chi connectivity index (χ4v) is 3.28. The van der Waals surface area contributed by atoms with Gasteiger partial charge in [-0.2, -0.15) is 0 Å². The highest BCUT2D eigenvalue weighted by Crippen LogP contribution is 2.13. The van der Waals surface area contributed by atoms with Crippen molar-refractivity contribution in [3.63, 3.8) is 0 Å². The van der Waals surface area contributed by atoms with Crippen molar-refractivity contribution in [3.8, 4) is 0 Å². The molecule has 0 aliphatic rings. The summed E-state index contributed by atoms with van der Waals surface area (Å²) in [6, 6.07) is 0. The monoisotopic (exact) mass is 317 g/mol. The van der Waals surface area contributed by atoms with Crippen LogP contribution >= 0.6 is 0 Å². The summed E-state index contributed by atoms with van der Waals surface area (Å²) in [4.78, 5) is 0. The molecule has 0 aromatic carbocycles. The van der Waals surface area contributed by atoms with Crippen LogP contribution in [-0.2, 0) is 11.0 Å². The highest BCUT2D eigenvalue weighted by Gasteiger charge is 1.95. The number of unbranched alkanes of at least 4 members (excludes halogenated alkanes) is 15. The predicted octanol–water partition coefficient (Wildman–Crippen LogP) is 5.87. The van der Waals surface area contributed by atoms with Crippen molar-refractivity contribution in [1.82, 2.24) is 0 Å². The molecule has 1 unspecified atom stereocenters. The molecule has 1 atom stereocenters. The maximum absolute atomic E-state index is 10.7. The van der Waals surface area contributed by atoms with Crippen molar-refractivity contribution in [3.05, 3.63) is 0 Å². The van der Waals surface area contributed by atoms with Gasteiger partial charge in [0.1, 0.15) is 0 Å². The molecular weight excluding hydrogens is 278 g/mol. The molecule has 21 heavy (non-hydrogen) atoms. The van der Waals surface area contributed by atoms with Gasteiger partial charge in [-0.15, -0.1) is 0 Å². The van der Waals surface area contributed by atoms with Crippen LogP contribution in [-0.4, -0.2) is 9.96 Å². The summed E-state index contributed by atoms with van der Waals surface area (Å²) in [5.74, 6) is 0.679. The Labute approximate surface area is 136 Å². The second-order valence-corrected chi connectivity index (χ2v) is 7.56. The van der Waals surface area contributed by atoms with E-state index < -0.39 is 11.0 Å². The van der Waals surface area contributed by atoms with Crippen molar-refractivity contribution < 1.29 is 4.21 Å². The first-order valence-electron chi connectivity index (χ1n) is 9.40. The highest BCUT2D eigenvalue weighted by atomic mass is 32.2. The summed E-state index contributed by atoms with van der Waals surface area (Å²) < 4.78 is 10.7. The van der Waals surface area contributed by atoms with E-state index >= 15 is 0 Å². The average molecular weight is 318 g/mol. The van der Waals surface area contributed by atoms with Crippen LogP contribution in [0.25, 0.3) is 0 Å². The first-order chi connectivity index (χ1) is 10.3. The van der Waals surface area contributed by atoms with Gasteiger partial charge in [-0.1, -0.05) is 103 Å². The third-order valence-corrected chi connectivity index (χ3v) is 4.89. The molecule has 0 aromatic rings. The van der Waals surface area contributed by atoms with Gasteiger partial charge in [-0.25, -0.2) is 4.21 Å². The van der Waals surface area contributed by atoms with Crippen LogP contribution in [0.15, 0.2) is 0 Å². The molecule has 0 amide bonds. The minimum Gasteiger partial charge on any atom is -0.252 e. The summed E-state index contributed by atoms with van der Waals surface area (Å²) in [5.41, 5.74) is 0. The average Bonchev–Trinajstić information content (AvgIpc) is 2.46. The Hall–Kier alpha value is 0.110. The Bertz CT molecular complexity index is 221. The second kappa shape index (κ2) is 18.2. The molecule has 2 N–H and O–H groups in total. The van der Waals surface area contributed by atoms with E-state index in [0.717, 1.165) is 6.42 Å². The quantitative estimate of drug-likeness (QED) is 0.335. The molecule has 3 heteroatoms. The molecule has 0 heterocycles. The number of hydrogen-bond acceptors (Lipinski definition) is 1. The van der Waals surface area contributed by atoms with Crippen molar-refractivity contribution in [2.45, 2.75) is 110 Å². The lowest BCUT2D eigenvalue weighted by Gasteiger charge is -2.03. The van der Waals surface area contributed by atoms with E-state index in [2.05, 4.69) is 6.92 Å². The lowest BCUT2D eigenvalue weighted by Crippen LogP contribution is -2.06. The molecule has 2 nitrogen and oxygen atoms in total. The highest BCUT2D eigenvalue weighted by molar-refractivity contribution is 7.82. The summed E-state index contributed by atoms with van der Waals surface area (Å²) >= 11 is 0. The van der Waals surface area contributed by atoms with Crippen LogP contribution in [0.4, 0.5) is 0 Å². The first kappa shape index (κ1) is 21.1.